The average molecular weight is 703 g/mol. The van der Waals surface area contributed by atoms with E-state index in [0.717, 1.165) is 35.2 Å². The summed E-state index contributed by atoms with van der Waals surface area (Å²) in [6.07, 6.45) is 3.61. The van der Waals surface area contributed by atoms with Crippen LogP contribution in [0.3, 0.4) is 0 Å². The van der Waals surface area contributed by atoms with Crippen molar-refractivity contribution in [3.8, 4) is 22.6 Å². The van der Waals surface area contributed by atoms with Crippen molar-refractivity contribution in [1.82, 2.24) is 10.1 Å². The molecule has 2 N–H and O–H groups in total. The quantitative estimate of drug-likeness (QED) is 0.106. The molecule has 1 aliphatic heterocycles. The summed E-state index contributed by atoms with van der Waals surface area (Å²) in [7, 11) is -3.86. The van der Waals surface area contributed by atoms with Crippen molar-refractivity contribution < 1.29 is 42.4 Å². The van der Waals surface area contributed by atoms with Crippen LogP contribution < -0.4 is 14.3 Å². The van der Waals surface area contributed by atoms with Gasteiger partial charge in [0, 0.05) is 28.9 Å². The van der Waals surface area contributed by atoms with Crippen LogP contribution >= 0.6 is 7.52 Å². The molecule has 0 bridgehead atoms. The average Bonchev–Trinajstić information content (AvgIpc) is 3.92. The van der Waals surface area contributed by atoms with Crippen LogP contribution in [0.1, 0.15) is 63.6 Å². The highest BCUT2D eigenvalue weighted by atomic mass is 31.2. The van der Waals surface area contributed by atoms with E-state index in [2.05, 4.69) is 5.09 Å². The van der Waals surface area contributed by atoms with Gasteiger partial charge in [-0.1, -0.05) is 36.4 Å². The van der Waals surface area contributed by atoms with Gasteiger partial charge in [0.05, 0.1) is 29.8 Å². The Hall–Kier alpha value is -4.57. The van der Waals surface area contributed by atoms with Crippen molar-refractivity contribution >= 4 is 36.4 Å². The van der Waals surface area contributed by atoms with E-state index in [0.29, 0.717) is 22.4 Å². The summed E-state index contributed by atoms with van der Waals surface area (Å²) >= 11 is 0. The number of para-hydroxylation sites is 1. The lowest BCUT2D eigenvalue weighted by atomic mass is 9.91. The van der Waals surface area contributed by atoms with Crippen molar-refractivity contribution in [2.75, 3.05) is 6.35 Å². The van der Waals surface area contributed by atoms with Crippen LogP contribution in [-0.4, -0.2) is 52.7 Å². The molecule has 1 unspecified atom stereocenters. The fourth-order valence-electron chi connectivity index (χ4n) is 5.84. The third-order valence-corrected chi connectivity index (χ3v) is 10.0. The number of nitrogens with one attached hydrogen (secondary N) is 1. The molecule has 4 atom stereocenters. The Kier molecular flexibility index (Phi) is 10.7. The number of carbonyl (C=O) groups excluding carboxylic acids is 2. The summed E-state index contributed by atoms with van der Waals surface area (Å²) in [6.45, 7) is 5.00. The second-order valence-corrected chi connectivity index (χ2v) is 15.0. The van der Waals surface area contributed by atoms with Gasteiger partial charge in [0.15, 0.2) is 6.35 Å². The minimum absolute atomic E-state index is 0.0431. The van der Waals surface area contributed by atoms with Gasteiger partial charge in [-0.2, -0.15) is 0 Å². The number of pyridine rings is 1. The number of benzene rings is 3. The number of fused-ring (bicyclic) bond motifs is 1. The van der Waals surface area contributed by atoms with Crippen LogP contribution in [0.5, 0.6) is 11.5 Å². The fourth-order valence-corrected chi connectivity index (χ4v) is 7.50. The van der Waals surface area contributed by atoms with Crippen molar-refractivity contribution in [3.63, 3.8) is 0 Å². The molecular formula is C38H40FN2O8P. The van der Waals surface area contributed by atoms with Gasteiger partial charge in [-0.15, -0.1) is 0 Å². The predicted molar refractivity (Wildman–Crippen MR) is 187 cm³/mol. The number of esters is 2. The molecule has 10 nitrogen and oxygen atoms in total. The predicted octanol–water partition coefficient (Wildman–Crippen LogP) is 7.54. The van der Waals surface area contributed by atoms with E-state index in [-0.39, 0.29) is 30.7 Å². The Balaban J connectivity index is 1.38. The van der Waals surface area contributed by atoms with Crippen molar-refractivity contribution in [1.29, 1.82) is 0 Å². The summed E-state index contributed by atoms with van der Waals surface area (Å²) in [5, 5.41) is 13.7. The molecule has 2 heterocycles. The van der Waals surface area contributed by atoms with Gasteiger partial charge >= 0.3 is 19.5 Å². The maximum Gasteiger partial charge on any atom is 0.354 e. The number of hydrogen-bond acceptors (Lipinski definition) is 9. The van der Waals surface area contributed by atoms with Crippen LogP contribution in [0.4, 0.5) is 4.39 Å². The van der Waals surface area contributed by atoms with Crippen LogP contribution in [0, 0.1) is 5.82 Å². The van der Waals surface area contributed by atoms with Gasteiger partial charge < -0.3 is 23.8 Å². The molecular weight excluding hydrogens is 662 g/mol. The number of hydrogen-bond donors (Lipinski definition) is 2. The summed E-state index contributed by atoms with van der Waals surface area (Å²) in [6, 6.07) is 19.1. The van der Waals surface area contributed by atoms with E-state index in [4.69, 9.17) is 23.7 Å². The minimum atomic E-state index is -3.86. The number of halogens is 1. The van der Waals surface area contributed by atoms with Crippen LogP contribution in [0.15, 0.2) is 78.9 Å². The van der Waals surface area contributed by atoms with Gasteiger partial charge in [0.2, 0.25) is 0 Å². The zero-order chi connectivity index (χ0) is 35.4. The number of aromatic nitrogens is 1. The normalized spacial score (nSPS) is 19.6. The molecule has 1 aliphatic carbocycles. The third kappa shape index (κ3) is 8.77. The lowest BCUT2D eigenvalue weighted by Crippen LogP contribution is -2.36. The van der Waals surface area contributed by atoms with Gasteiger partial charge in [0.1, 0.15) is 29.5 Å². The van der Waals surface area contributed by atoms with E-state index in [1.165, 1.54) is 12.1 Å². The Labute approximate surface area is 290 Å². The summed E-state index contributed by atoms with van der Waals surface area (Å²) in [4.78, 5) is 29.7. The van der Waals surface area contributed by atoms with Crippen LogP contribution in [0.25, 0.3) is 28.1 Å². The zero-order valence-corrected chi connectivity index (χ0v) is 29.0. The Morgan fingerprint density at radius 2 is 1.82 bits per heavy atom. The number of aliphatic hydroxyl groups excluding tert-OH is 1. The third-order valence-electron chi connectivity index (χ3n) is 8.28. The Morgan fingerprint density at radius 3 is 2.50 bits per heavy atom. The Morgan fingerprint density at radius 1 is 1.08 bits per heavy atom. The topological polar surface area (TPSA) is 133 Å². The highest BCUT2D eigenvalue weighted by Gasteiger charge is 2.33. The fraction of sp³-hybridized carbons (Fsp3) is 0.342. The second kappa shape index (κ2) is 15.1. The molecule has 0 spiro atoms. The van der Waals surface area contributed by atoms with E-state index >= 15 is 0 Å². The molecule has 262 valence electrons. The molecule has 6 rings (SSSR count). The van der Waals surface area contributed by atoms with Crippen LogP contribution in [0.2, 0.25) is 0 Å². The molecule has 1 saturated heterocycles. The van der Waals surface area contributed by atoms with E-state index in [1.807, 2.05) is 12.1 Å². The molecule has 50 heavy (non-hydrogen) atoms. The van der Waals surface area contributed by atoms with Gasteiger partial charge in [-0.3, -0.25) is 19.1 Å². The first-order chi connectivity index (χ1) is 24.0. The maximum atomic E-state index is 14.2. The Bertz CT molecular complexity index is 1930. The zero-order valence-electron chi connectivity index (χ0n) is 28.1. The molecule has 1 aromatic heterocycles. The molecule has 3 aromatic carbocycles. The first-order valence-electron chi connectivity index (χ1n) is 16.7. The van der Waals surface area contributed by atoms with E-state index in [1.54, 1.807) is 81.4 Å². The van der Waals surface area contributed by atoms with Crippen molar-refractivity contribution in [2.24, 2.45) is 0 Å². The number of nitrogens with zero attached hydrogens (tertiary/aromatic N) is 1. The standard InChI is InChI=1S/C38H40FN2O8P/c1-23(2)47-38(44)24(3)41-50(45,49-29-7-5-4-6-8-29)22-46-30-16-18-34-33(21-30)36(25-11-13-27(39)14-12-25)32(37(40-34)26-9-10-26)17-15-31-19-28(42)20-35(43)48-31/h4-8,11-18,21,23-24,26,28,31,42H,9-10,19-20,22H2,1-3H3,(H,41,45)/b17-15+/t24-,28+,31+,50?/m0/s1. The van der Waals surface area contributed by atoms with Crippen molar-refractivity contribution in [2.45, 2.75) is 76.7 Å². The molecule has 2 fully saturated rings. The number of rotatable bonds is 13. The molecule has 12 heteroatoms. The molecule has 0 amide bonds. The van der Waals surface area contributed by atoms with Gasteiger partial charge in [-0.25, -0.2) is 9.48 Å². The minimum Gasteiger partial charge on any atom is -0.481 e. The van der Waals surface area contributed by atoms with Gasteiger partial charge in [0.25, 0.3) is 0 Å². The van der Waals surface area contributed by atoms with Gasteiger partial charge in [-0.05, 0) is 87.7 Å². The number of cyclic esters (lactones) is 1. The summed E-state index contributed by atoms with van der Waals surface area (Å²) in [5.74, 6) is -0.512. The maximum absolute atomic E-state index is 14.2. The largest absolute Gasteiger partial charge is 0.481 e. The molecule has 0 radical (unpaired) electrons. The van der Waals surface area contributed by atoms with E-state index in [9.17, 15) is 23.7 Å². The first kappa shape index (κ1) is 35.3. The lowest BCUT2D eigenvalue weighted by Gasteiger charge is -2.24. The summed E-state index contributed by atoms with van der Waals surface area (Å²) in [5.41, 5.74) is 3.85. The SMILES string of the molecule is CC(C)OC(=O)[C@H](C)NP(=O)(COc1ccc2nc(C3CC3)c(/C=C/[C@@H]3C[C@@H](O)CC(=O)O3)c(-c3ccc(F)cc3)c2c1)Oc1ccccc1. The molecule has 1 saturated carbocycles. The number of aliphatic hydroxyl groups is 1. The first-order valence-corrected chi connectivity index (χ1v) is 18.5. The summed E-state index contributed by atoms with van der Waals surface area (Å²) < 4.78 is 51.2. The molecule has 2 aliphatic rings. The molecule has 4 aromatic rings. The number of carbonyl (C=O) groups is 2. The van der Waals surface area contributed by atoms with Crippen molar-refractivity contribution in [3.05, 3.63) is 95.9 Å². The van der Waals surface area contributed by atoms with Crippen LogP contribution in [-0.2, 0) is 23.6 Å². The highest BCUT2D eigenvalue weighted by molar-refractivity contribution is 7.57. The smallest absolute Gasteiger partial charge is 0.354 e. The van der Waals surface area contributed by atoms with E-state index < -0.39 is 44.1 Å². The monoisotopic (exact) mass is 702 g/mol. The number of ether oxygens (including phenoxy) is 3. The lowest BCUT2D eigenvalue weighted by molar-refractivity contribution is -0.156. The highest BCUT2D eigenvalue weighted by Crippen LogP contribution is 2.47. The second-order valence-electron chi connectivity index (χ2n) is 12.9.